The normalized spacial score (nSPS) is 43.9. The standard InChI is InChI=1S/C29H39ClN2O2/c1-27(34)12-13-28(2)19(15-27)5-7-21-22-8-9-24(29(22,3)11-10-23(21)28)26(33)17-32-16-18-4-6-20(30)14-25(18)31-32/h4,6,14,16,19,21-24,34H,5,7-13,15,17H2,1-3H3/t19-,21-,22-,23-,24+,27+,28-,29-/m0/s1. The molecule has 1 heterocycles. The monoisotopic (exact) mass is 482 g/mol. The molecule has 184 valence electrons. The van der Waals surface area contributed by atoms with E-state index < -0.39 is 5.60 Å². The van der Waals surface area contributed by atoms with Gasteiger partial charge in [-0.2, -0.15) is 5.10 Å². The second kappa shape index (κ2) is 7.80. The van der Waals surface area contributed by atoms with Crippen molar-refractivity contribution in [2.24, 2.45) is 40.4 Å². The lowest BCUT2D eigenvalue weighted by molar-refractivity contribution is -0.151. The number of aliphatic hydroxyl groups is 1. The second-order valence-corrected chi connectivity index (χ2v) is 13.5. The van der Waals surface area contributed by atoms with E-state index in [1.54, 1.807) is 0 Å². The van der Waals surface area contributed by atoms with Crippen molar-refractivity contribution in [2.45, 2.75) is 90.7 Å². The zero-order chi connectivity index (χ0) is 23.9. The van der Waals surface area contributed by atoms with Crippen LogP contribution in [-0.4, -0.2) is 26.3 Å². The second-order valence-electron chi connectivity index (χ2n) is 13.0. The Balaban J connectivity index is 1.20. The first-order valence-corrected chi connectivity index (χ1v) is 13.8. The zero-order valence-corrected chi connectivity index (χ0v) is 21.7. The Kier molecular flexibility index (Phi) is 5.29. The summed E-state index contributed by atoms with van der Waals surface area (Å²) >= 11 is 6.13. The summed E-state index contributed by atoms with van der Waals surface area (Å²) in [7, 11) is 0. The van der Waals surface area contributed by atoms with Crippen molar-refractivity contribution in [2.75, 3.05) is 0 Å². The number of rotatable bonds is 3. The fourth-order valence-corrected chi connectivity index (χ4v) is 9.52. The van der Waals surface area contributed by atoms with Crippen molar-refractivity contribution in [3.8, 4) is 0 Å². The molecule has 0 spiro atoms. The number of nitrogens with zero attached hydrogens (tertiary/aromatic N) is 2. The molecule has 0 aliphatic heterocycles. The predicted molar refractivity (Wildman–Crippen MR) is 136 cm³/mol. The van der Waals surface area contributed by atoms with E-state index in [2.05, 4.69) is 18.9 Å². The maximum absolute atomic E-state index is 13.6. The molecule has 2 aromatic rings. The Hall–Kier alpha value is -1.39. The quantitative estimate of drug-likeness (QED) is 0.531. The maximum Gasteiger partial charge on any atom is 0.157 e. The molecular weight excluding hydrogens is 444 g/mol. The van der Waals surface area contributed by atoms with Gasteiger partial charge in [-0.15, -0.1) is 0 Å². The van der Waals surface area contributed by atoms with Crippen molar-refractivity contribution in [1.82, 2.24) is 9.78 Å². The van der Waals surface area contributed by atoms with Gasteiger partial charge in [0.15, 0.2) is 5.78 Å². The highest BCUT2D eigenvalue weighted by Crippen LogP contribution is 2.68. The number of aromatic nitrogens is 2. The van der Waals surface area contributed by atoms with Gasteiger partial charge in [-0.1, -0.05) is 25.4 Å². The molecule has 0 amide bonds. The van der Waals surface area contributed by atoms with E-state index in [1.165, 1.54) is 32.1 Å². The molecule has 4 aliphatic carbocycles. The first-order chi connectivity index (χ1) is 16.1. The number of benzene rings is 1. The zero-order valence-electron chi connectivity index (χ0n) is 20.9. The van der Waals surface area contributed by atoms with Crippen LogP contribution in [0.25, 0.3) is 10.9 Å². The number of carbonyl (C=O) groups is 1. The molecule has 1 aromatic heterocycles. The topological polar surface area (TPSA) is 55.1 Å². The highest BCUT2D eigenvalue weighted by Gasteiger charge is 2.61. The summed E-state index contributed by atoms with van der Waals surface area (Å²) in [5.41, 5.74) is 0.865. The Morgan fingerprint density at radius 1 is 1.06 bits per heavy atom. The molecule has 1 aromatic carbocycles. The highest BCUT2D eigenvalue weighted by molar-refractivity contribution is 6.31. The SMILES string of the molecule is C[C@@]1(O)CC[C@@]2(C)[C@@H](CC[C@@H]3[C@@H]2CC[C@]2(C)[C@@H](C(=O)Cn4cc5ccc(Cl)cc5n4)CC[C@@H]32)C1. The number of fused-ring (bicyclic) bond motifs is 6. The third kappa shape index (κ3) is 3.50. The fraction of sp³-hybridized carbons (Fsp3) is 0.724. The smallest absolute Gasteiger partial charge is 0.157 e. The van der Waals surface area contributed by atoms with Gasteiger partial charge < -0.3 is 5.11 Å². The molecule has 0 saturated heterocycles. The Labute approximate surface area is 208 Å². The molecule has 4 aliphatic rings. The van der Waals surface area contributed by atoms with Gasteiger partial charge >= 0.3 is 0 Å². The first kappa shape index (κ1) is 23.0. The highest BCUT2D eigenvalue weighted by atomic mass is 35.5. The van der Waals surface area contributed by atoms with Crippen LogP contribution in [-0.2, 0) is 11.3 Å². The molecule has 34 heavy (non-hydrogen) atoms. The largest absolute Gasteiger partial charge is 0.390 e. The van der Waals surface area contributed by atoms with E-state index in [-0.39, 0.29) is 11.3 Å². The lowest BCUT2D eigenvalue weighted by atomic mass is 9.44. The van der Waals surface area contributed by atoms with Gasteiger partial charge in [0, 0.05) is 22.5 Å². The van der Waals surface area contributed by atoms with Gasteiger partial charge in [-0.3, -0.25) is 9.48 Å². The first-order valence-electron chi connectivity index (χ1n) is 13.5. The van der Waals surface area contributed by atoms with Gasteiger partial charge in [0.25, 0.3) is 0 Å². The molecule has 4 fully saturated rings. The molecule has 4 nitrogen and oxygen atoms in total. The summed E-state index contributed by atoms with van der Waals surface area (Å²) in [4.78, 5) is 13.6. The van der Waals surface area contributed by atoms with Crippen LogP contribution < -0.4 is 0 Å². The summed E-state index contributed by atoms with van der Waals surface area (Å²) < 4.78 is 1.83. The summed E-state index contributed by atoms with van der Waals surface area (Å²) in [6, 6.07) is 5.72. The number of hydrogen-bond acceptors (Lipinski definition) is 3. The number of carbonyl (C=O) groups excluding carboxylic acids is 1. The molecular formula is C29H39ClN2O2. The van der Waals surface area contributed by atoms with E-state index >= 15 is 0 Å². The number of Topliss-reactive ketones (excluding diaryl/α,β-unsaturated/α-hetero) is 1. The van der Waals surface area contributed by atoms with Crippen molar-refractivity contribution in [1.29, 1.82) is 0 Å². The van der Waals surface area contributed by atoms with E-state index in [0.29, 0.717) is 34.6 Å². The molecule has 0 radical (unpaired) electrons. The lowest BCUT2D eigenvalue weighted by Gasteiger charge is -2.61. The van der Waals surface area contributed by atoms with E-state index in [0.717, 1.165) is 48.4 Å². The third-order valence-corrected chi connectivity index (χ3v) is 11.4. The van der Waals surface area contributed by atoms with E-state index in [1.807, 2.05) is 36.0 Å². The minimum atomic E-state index is -0.478. The van der Waals surface area contributed by atoms with Crippen LogP contribution in [0.3, 0.4) is 0 Å². The van der Waals surface area contributed by atoms with Gasteiger partial charge in [0.05, 0.1) is 17.7 Å². The van der Waals surface area contributed by atoms with Crippen molar-refractivity contribution >= 4 is 28.3 Å². The van der Waals surface area contributed by atoms with Crippen LogP contribution in [0, 0.1) is 40.4 Å². The van der Waals surface area contributed by atoms with Gasteiger partial charge in [-0.25, -0.2) is 0 Å². The van der Waals surface area contributed by atoms with Crippen LogP contribution in [0.4, 0.5) is 0 Å². The van der Waals surface area contributed by atoms with Crippen molar-refractivity contribution in [3.05, 3.63) is 29.4 Å². The number of hydrogen-bond donors (Lipinski definition) is 1. The van der Waals surface area contributed by atoms with Crippen molar-refractivity contribution < 1.29 is 9.90 Å². The van der Waals surface area contributed by atoms with E-state index in [4.69, 9.17) is 11.6 Å². The molecule has 6 rings (SSSR count). The minimum absolute atomic E-state index is 0.123. The maximum atomic E-state index is 13.6. The van der Waals surface area contributed by atoms with Gasteiger partial charge in [0.2, 0.25) is 0 Å². The van der Waals surface area contributed by atoms with Crippen LogP contribution in [0.2, 0.25) is 5.02 Å². The average Bonchev–Trinajstić information content (AvgIpc) is 3.33. The summed E-state index contributed by atoms with van der Waals surface area (Å²) in [5.74, 6) is 3.33. The summed E-state index contributed by atoms with van der Waals surface area (Å²) in [5, 5.41) is 17.1. The fourth-order valence-electron chi connectivity index (χ4n) is 9.35. The van der Waals surface area contributed by atoms with Crippen LogP contribution in [0.1, 0.15) is 78.6 Å². The van der Waals surface area contributed by atoms with Gasteiger partial charge in [-0.05, 0) is 117 Å². The van der Waals surface area contributed by atoms with E-state index in [9.17, 15) is 9.90 Å². The Bertz CT molecular complexity index is 1120. The minimum Gasteiger partial charge on any atom is -0.390 e. The summed E-state index contributed by atoms with van der Waals surface area (Å²) in [6.45, 7) is 7.38. The van der Waals surface area contributed by atoms with Crippen LogP contribution in [0.5, 0.6) is 0 Å². The molecule has 1 N–H and O–H groups in total. The molecule has 5 heteroatoms. The molecule has 0 unspecified atom stereocenters. The van der Waals surface area contributed by atoms with Crippen LogP contribution >= 0.6 is 11.6 Å². The predicted octanol–water partition coefficient (Wildman–Crippen LogP) is 6.67. The lowest BCUT2D eigenvalue weighted by Crippen LogP contribution is -2.55. The summed E-state index contributed by atoms with van der Waals surface area (Å²) in [6.07, 6.45) is 12.2. The Morgan fingerprint density at radius 3 is 2.68 bits per heavy atom. The molecule has 0 bridgehead atoms. The number of halogens is 1. The molecule has 4 saturated carbocycles. The number of ketones is 1. The molecule has 8 atom stereocenters. The third-order valence-electron chi connectivity index (χ3n) is 11.2. The Morgan fingerprint density at radius 2 is 1.85 bits per heavy atom. The average molecular weight is 483 g/mol. The van der Waals surface area contributed by atoms with Crippen LogP contribution in [0.15, 0.2) is 24.4 Å². The van der Waals surface area contributed by atoms with Gasteiger partial charge in [0.1, 0.15) is 0 Å². The van der Waals surface area contributed by atoms with Crippen molar-refractivity contribution in [3.63, 3.8) is 0 Å².